The Morgan fingerprint density at radius 2 is 1.76 bits per heavy atom. The first kappa shape index (κ1) is 24.2. The van der Waals surface area contributed by atoms with Crippen LogP contribution in [0.15, 0.2) is 57.4 Å². The first-order valence-electron chi connectivity index (χ1n) is 10.0. The van der Waals surface area contributed by atoms with Crippen LogP contribution in [0.5, 0.6) is 0 Å². The maximum Gasteiger partial charge on any atom is 0.470 e. The van der Waals surface area contributed by atoms with Gasteiger partial charge in [0.25, 0.3) is 0 Å². The van der Waals surface area contributed by atoms with E-state index < -0.39 is 21.9 Å². The normalized spacial score (nSPS) is 15.8. The van der Waals surface area contributed by atoms with Crippen molar-refractivity contribution in [3.63, 3.8) is 0 Å². The van der Waals surface area contributed by atoms with Crippen molar-refractivity contribution in [2.45, 2.75) is 12.7 Å². The van der Waals surface area contributed by atoms with Gasteiger partial charge in [0.1, 0.15) is 0 Å². The number of benzene rings is 2. The standard InChI is InChI=1S/C21H18BrF3N4O4S/c22-16-2-1-3-17(12-16)29(20(30)28-8-10-34(31,32)11-9-28)13-14-4-6-15(7-5-14)18-26-27-19(33-18)21(23,24)25/h1-7,12H,8-11,13H2. The van der Waals surface area contributed by atoms with Crippen LogP contribution in [0.2, 0.25) is 0 Å². The van der Waals surface area contributed by atoms with Gasteiger partial charge in [0, 0.05) is 28.8 Å². The van der Waals surface area contributed by atoms with E-state index in [0.29, 0.717) is 16.8 Å². The van der Waals surface area contributed by atoms with Gasteiger partial charge in [-0.1, -0.05) is 34.1 Å². The number of carbonyl (C=O) groups excluding carboxylic acids is 1. The Hall–Kier alpha value is -2.93. The summed E-state index contributed by atoms with van der Waals surface area (Å²) in [7, 11) is -3.15. The van der Waals surface area contributed by atoms with E-state index in [2.05, 4.69) is 26.1 Å². The molecule has 1 fully saturated rings. The van der Waals surface area contributed by atoms with Crippen molar-refractivity contribution in [3.05, 3.63) is 64.5 Å². The number of nitrogens with zero attached hydrogens (tertiary/aromatic N) is 4. The largest absolute Gasteiger partial charge is 0.470 e. The van der Waals surface area contributed by atoms with Gasteiger partial charge in [0.05, 0.1) is 18.1 Å². The van der Waals surface area contributed by atoms with E-state index in [1.807, 2.05) is 6.07 Å². The zero-order valence-corrected chi connectivity index (χ0v) is 19.9. The van der Waals surface area contributed by atoms with Gasteiger partial charge in [-0.3, -0.25) is 4.90 Å². The van der Waals surface area contributed by atoms with Gasteiger partial charge in [-0.15, -0.1) is 10.2 Å². The molecule has 0 aliphatic carbocycles. The van der Waals surface area contributed by atoms with Crippen molar-refractivity contribution in [3.8, 4) is 11.5 Å². The molecule has 2 heterocycles. The zero-order valence-electron chi connectivity index (χ0n) is 17.5. The summed E-state index contributed by atoms with van der Waals surface area (Å²) < 4.78 is 67.1. The lowest BCUT2D eigenvalue weighted by Crippen LogP contribution is -2.49. The second-order valence-corrected chi connectivity index (χ2v) is 10.8. The Morgan fingerprint density at radius 1 is 1.09 bits per heavy atom. The fraction of sp³-hybridized carbons (Fsp3) is 0.286. The van der Waals surface area contributed by atoms with E-state index >= 15 is 0 Å². The molecule has 0 unspecified atom stereocenters. The van der Waals surface area contributed by atoms with E-state index in [9.17, 15) is 26.4 Å². The second kappa shape index (κ2) is 9.37. The molecule has 13 heteroatoms. The molecule has 2 amide bonds. The molecule has 180 valence electrons. The van der Waals surface area contributed by atoms with Crippen LogP contribution in [0.3, 0.4) is 0 Å². The molecule has 1 aliphatic rings. The third-order valence-corrected chi connectivity index (χ3v) is 7.28. The van der Waals surface area contributed by atoms with Crippen LogP contribution in [0, 0.1) is 0 Å². The predicted molar refractivity (Wildman–Crippen MR) is 121 cm³/mol. The average Bonchev–Trinajstić information content (AvgIpc) is 3.28. The lowest BCUT2D eigenvalue weighted by molar-refractivity contribution is -0.156. The topological polar surface area (TPSA) is 96.6 Å². The van der Waals surface area contributed by atoms with E-state index in [-0.39, 0.29) is 43.1 Å². The molecule has 1 saturated heterocycles. The Kier molecular flexibility index (Phi) is 6.67. The molecule has 0 bridgehead atoms. The number of alkyl halides is 3. The predicted octanol–water partition coefficient (Wildman–Crippen LogP) is 4.37. The highest BCUT2D eigenvalue weighted by Crippen LogP contribution is 2.30. The number of hydrogen-bond donors (Lipinski definition) is 0. The van der Waals surface area contributed by atoms with Gasteiger partial charge in [-0.25, -0.2) is 13.2 Å². The Balaban J connectivity index is 1.56. The van der Waals surface area contributed by atoms with E-state index in [4.69, 9.17) is 4.42 Å². The third kappa shape index (κ3) is 5.58. The summed E-state index contributed by atoms with van der Waals surface area (Å²) in [6.45, 7) is 0.350. The van der Waals surface area contributed by atoms with Gasteiger partial charge < -0.3 is 9.32 Å². The molecule has 3 aromatic rings. The quantitative estimate of drug-likeness (QED) is 0.471. The first-order chi connectivity index (χ1) is 16.0. The van der Waals surface area contributed by atoms with Gasteiger partial charge >= 0.3 is 18.1 Å². The van der Waals surface area contributed by atoms with Crippen LogP contribution in [0.25, 0.3) is 11.5 Å². The minimum Gasteiger partial charge on any atom is -0.413 e. The summed E-state index contributed by atoms with van der Waals surface area (Å²) in [6.07, 6.45) is -4.73. The van der Waals surface area contributed by atoms with Gasteiger partial charge in [-0.2, -0.15) is 13.2 Å². The maximum atomic E-state index is 13.3. The molecule has 0 radical (unpaired) electrons. The van der Waals surface area contributed by atoms with Crippen LogP contribution < -0.4 is 4.90 Å². The number of rotatable bonds is 4. The summed E-state index contributed by atoms with van der Waals surface area (Å²) in [4.78, 5) is 16.3. The third-order valence-electron chi connectivity index (χ3n) is 5.17. The summed E-state index contributed by atoms with van der Waals surface area (Å²) in [6, 6.07) is 13.1. The Morgan fingerprint density at radius 3 is 2.35 bits per heavy atom. The van der Waals surface area contributed by atoms with Crippen LogP contribution >= 0.6 is 15.9 Å². The first-order valence-corrected chi connectivity index (χ1v) is 12.7. The van der Waals surface area contributed by atoms with Crippen LogP contribution in [0.4, 0.5) is 23.7 Å². The average molecular weight is 559 g/mol. The maximum absolute atomic E-state index is 13.3. The number of carbonyl (C=O) groups is 1. The number of hydrogen-bond acceptors (Lipinski definition) is 6. The van der Waals surface area contributed by atoms with E-state index in [1.54, 1.807) is 30.3 Å². The fourth-order valence-electron chi connectivity index (χ4n) is 3.38. The van der Waals surface area contributed by atoms with Crippen LogP contribution in [-0.2, 0) is 22.6 Å². The lowest BCUT2D eigenvalue weighted by atomic mass is 10.1. The summed E-state index contributed by atoms with van der Waals surface area (Å²) in [5, 5.41) is 6.46. The lowest BCUT2D eigenvalue weighted by Gasteiger charge is -2.33. The molecule has 2 aromatic carbocycles. The SMILES string of the molecule is O=C(N1CCS(=O)(=O)CC1)N(Cc1ccc(-c2nnc(C(F)(F)F)o2)cc1)c1cccc(Br)c1. The highest BCUT2D eigenvalue weighted by atomic mass is 79.9. The van der Waals surface area contributed by atoms with Gasteiger partial charge in [0.2, 0.25) is 5.89 Å². The van der Waals surface area contributed by atoms with Crippen LogP contribution in [-0.4, -0.2) is 54.1 Å². The summed E-state index contributed by atoms with van der Waals surface area (Å²) in [5.74, 6) is -1.89. The van der Waals surface area contributed by atoms with Crippen molar-refractivity contribution >= 4 is 37.5 Å². The molecule has 1 aliphatic heterocycles. The molecular weight excluding hydrogens is 541 g/mol. The molecule has 0 N–H and O–H groups in total. The molecule has 0 saturated carbocycles. The van der Waals surface area contributed by atoms with E-state index in [0.717, 1.165) is 4.47 Å². The fourth-order valence-corrected chi connectivity index (χ4v) is 4.97. The van der Waals surface area contributed by atoms with Crippen molar-refractivity contribution in [1.82, 2.24) is 15.1 Å². The number of amides is 2. The monoisotopic (exact) mass is 558 g/mol. The number of aromatic nitrogens is 2. The highest BCUT2D eigenvalue weighted by Gasteiger charge is 2.38. The minimum absolute atomic E-state index is 0.0934. The van der Waals surface area contributed by atoms with Crippen molar-refractivity contribution in [2.75, 3.05) is 29.5 Å². The molecule has 34 heavy (non-hydrogen) atoms. The van der Waals surface area contributed by atoms with Crippen LogP contribution in [0.1, 0.15) is 11.5 Å². The number of urea groups is 1. The molecule has 4 rings (SSSR count). The molecule has 0 atom stereocenters. The molecular formula is C21H18BrF3N4O4S. The second-order valence-electron chi connectivity index (χ2n) is 7.59. The van der Waals surface area contributed by atoms with Crippen molar-refractivity contribution < 1.29 is 30.8 Å². The summed E-state index contributed by atoms with van der Waals surface area (Å²) >= 11 is 3.39. The molecule has 0 spiro atoms. The molecule has 8 nitrogen and oxygen atoms in total. The van der Waals surface area contributed by atoms with Gasteiger partial charge in [-0.05, 0) is 35.9 Å². The van der Waals surface area contributed by atoms with Gasteiger partial charge in [0.15, 0.2) is 9.84 Å². The Bertz CT molecular complexity index is 1280. The molecule has 1 aromatic heterocycles. The minimum atomic E-state index is -4.73. The Labute approximate surface area is 201 Å². The van der Waals surface area contributed by atoms with E-state index in [1.165, 1.54) is 21.9 Å². The number of sulfone groups is 1. The number of anilines is 1. The smallest absolute Gasteiger partial charge is 0.413 e. The van der Waals surface area contributed by atoms with Crippen molar-refractivity contribution in [1.29, 1.82) is 0 Å². The zero-order chi connectivity index (χ0) is 24.5. The highest BCUT2D eigenvalue weighted by molar-refractivity contribution is 9.10. The van der Waals surface area contributed by atoms with Crippen molar-refractivity contribution in [2.24, 2.45) is 0 Å². The summed E-state index contributed by atoms with van der Waals surface area (Å²) in [5.41, 5.74) is 1.59. The number of halogens is 4.